The van der Waals surface area contributed by atoms with Gasteiger partial charge < -0.3 is 5.11 Å². The second-order valence-corrected chi connectivity index (χ2v) is 4.31. The summed E-state index contributed by atoms with van der Waals surface area (Å²) < 4.78 is 0. The van der Waals surface area contributed by atoms with Crippen molar-refractivity contribution < 1.29 is 5.11 Å². The fourth-order valence-electron chi connectivity index (χ4n) is 1.99. The maximum Gasteiger partial charge on any atom is 0.0448 e. The van der Waals surface area contributed by atoms with E-state index in [2.05, 4.69) is 32.6 Å². The van der Waals surface area contributed by atoms with Gasteiger partial charge in [-0.1, -0.05) is 20.8 Å². The van der Waals surface area contributed by atoms with Crippen molar-refractivity contribution in [1.82, 2.24) is 4.90 Å². The predicted molar refractivity (Wildman–Crippen MR) is 62.6 cm³/mol. The second-order valence-electron chi connectivity index (χ2n) is 4.31. The van der Waals surface area contributed by atoms with Crippen LogP contribution in [-0.2, 0) is 0 Å². The summed E-state index contributed by atoms with van der Waals surface area (Å²) in [7, 11) is 0. The molecule has 0 radical (unpaired) electrons. The summed E-state index contributed by atoms with van der Waals surface area (Å²) in [5, 5.41) is 9.09. The molecule has 2 nitrogen and oxygen atoms in total. The topological polar surface area (TPSA) is 23.5 Å². The maximum atomic E-state index is 9.09. The van der Waals surface area contributed by atoms with Crippen molar-refractivity contribution in [3.8, 4) is 0 Å². The third kappa shape index (κ3) is 3.97. The van der Waals surface area contributed by atoms with Crippen molar-refractivity contribution in [2.75, 3.05) is 19.7 Å². The quantitative estimate of drug-likeness (QED) is 0.652. The fraction of sp³-hybridized carbons (Fsp3) is 1.00. The van der Waals surface area contributed by atoms with Gasteiger partial charge in [0.1, 0.15) is 0 Å². The zero-order valence-corrected chi connectivity index (χ0v) is 10.3. The Labute approximate surface area is 89.3 Å². The van der Waals surface area contributed by atoms with Crippen LogP contribution in [0.5, 0.6) is 0 Å². The Morgan fingerprint density at radius 1 is 1.07 bits per heavy atom. The molecule has 0 bridgehead atoms. The maximum absolute atomic E-state index is 9.09. The van der Waals surface area contributed by atoms with Crippen molar-refractivity contribution in [2.45, 2.75) is 58.9 Å². The van der Waals surface area contributed by atoms with Crippen molar-refractivity contribution in [2.24, 2.45) is 0 Å². The van der Waals surface area contributed by atoms with E-state index in [1.165, 1.54) is 12.8 Å². The first-order valence-corrected chi connectivity index (χ1v) is 6.00. The summed E-state index contributed by atoms with van der Waals surface area (Å²) in [5.74, 6) is 0. The van der Waals surface area contributed by atoms with Gasteiger partial charge in [-0.15, -0.1) is 0 Å². The standard InChI is InChI=1S/C12H27NO/c1-5-9-13(10-6-2)12(4,7-3)8-11-14/h14H,5-11H2,1-4H3. The van der Waals surface area contributed by atoms with Crippen LogP contribution in [0.3, 0.4) is 0 Å². The van der Waals surface area contributed by atoms with E-state index in [4.69, 9.17) is 5.11 Å². The second kappa shape index (κ2) is 7.24. The van der Waals surface area contributed by atoms with Crippen LogP contribution in [0.25, 0.3) is 0 Å². The highest BCUT2D eigenvalue weighted by molar-refractivity contribution is 4.84. The Kier molecular flexibility index (Phi) is 7.20. The van der Waals surface area contributed by atoms with Crippen LogP contribution in [0.15, 0.2) is 0 Å². The minimum Gasteiger partial charge on any atom is -0.396 e. The summed E-state index contributed by atoms with van der Waals surface area (Å²) in [4.78, 5) is 2.53. The van der Waals surface area contributed by atoms with Gasteiger partial charge in [-0.2, -0.15) is 0 Å². The van der Waals surface area contributed by atoms with E-state index in [0.29, 0.717) is 6.61 Å². The van der Waals surface area contributed by atoms with Gasteiger partial charge in [0.2, 0.25) is 0 Å². The van der Waals surface area contributed by atoms with E-state index in [1.54, 1.807) is 0 Å². The first kappa shape index (κ1) is 13.9. The van der Waals surface area contributed by atoms with Gasteiger partial charge in [-0.05, 0) is 45.7 Å². The Morgan fingerprint density at radius 2 is 1.57 bits per heavy atom. The molecule has 2 heteroatoms. The molecule has 0 spiro atoms. The lowest BCUT2D eigenvalue weighted by molar-refractivity contribution is 0.0705. The predicted octanol–water partition coefficient (Wildman–Crippen LogP) is 2.66. The molecule has 0 aromatic rings. The van der Waals surface area contributed by atoms with E-state index in [-0.39, 0.29) is 5.54 Å². The minimum absolute atomic E-state index is 0.195. The Hall–Kier alpha value is -0.0800. The number of aliphatic hydroxyl groups excluding tert-OH is 1. The first-order chi connectivity index (χ1) is 6.64. The number of hydrogen-bond acceptors (Lipinski definition) is 2. The Morgan fingerprint density at radius 3 is 1.86 bits per heavy atom. The van der Waals surface area contributed by atoms with Crippen molar-refractivity contribution in [3.05, 3.63) is 0 Å². The van der Waals surface area contributed by atoms with Crippen LogP contribution in [-0.4, -0.2) is 35.2 Å². The SMILES string of the molecule is CCCN(CCC)C(C)(CC)CCO. The van der Waals surface area contributed by atoms with Crippen LogP contribution >= 0.6 is 0 Å². The molecular formula is C12H27NO. The zero-order valence-electron chi connectivity index (χ0n) is 10.3. The van der Waals surface area contributed by atoms with E-state index in [1.807, 2.05) is 0 Å². The molecule has 0 saturated carbocycles. The van der Waals surface area contributed by atoms with Crippen LogP contribution in [0.4, 0.5) is 0 Å². The van der Waals surface area contributed by atoms with E-state index in [9.17, 15) is 0 Å². The van der Waals surface area contributed by atoms with Crippen LogP contribution in [0, 0.1) is 0 Å². The molecule has 0 aliphatic heterocycles. The first-order valence-electron chi connectivity index (χ1n) is 6.00. The third-order valence-electron chi connectivity index (χ3n) is 3.16. The summed E-state index contributed by atoms with van der Waals surface area (Å²) in [5.41, 5.74) is 0.195. The Balaban J connectivity index is 4.37. The average Bonchev–Trinajstić information content (AvgIpc) is 2.18. The summed E-state index contributed by atoms with van der Waals surface area (Å²) >= 11 is 0. The van der Waals surface area contributed by atoms with Gasteiger partial charge in [0.15, 0.2) is 0 Å². The molecule has 0 aromatic heterocycles. The number of hydrogen-bond donors (Lipinski definition) is 1. The smallest absolute Gasteiger partial charge is 0.0448 e. The molecule has 0 amide bonds. The lowest BCUT2D eigenvalue weighted by Gasteiger charge is -2.40. The van der Waals surface area contributed by atoms with Gasteiger partial charge in [0.25, 0.3) is 0 Å². The highest BCUT2D eigenvalue weighted by Crippen LogP contribution is 2.23. The number of nitrogens with zero attached hydrogens (tertiary/aromatic N) is 1. The lowest BCUT2D eigenvalue weighted by Crippen LogP contribution is -2.47. The molecule has 0 heterocycles. The molecule has 1 unspecified atom stereocenters. The molecule has 0 aliphatic rings. The van der Waals surface area contributed by atoms with Gasteiger partial charge >= 0.3 is 0 Å². The zero-order chi connectivity index (χ0) is 11.0. The van der Waals surface area contributed by atoms with E-state index < -0.39 is 0 Å². The van der Waals surface area contributed by atoms with Gasteiger partial charge in [-0.3, -0.25) is 4.90 Å². The van der Waals surface area contributed by atoms with Crippen LogP contribution in [0.2, 0.25) is 0 Å². The molecule has 86 valence electrons. The van der Waals surface area contributed by atoms with Crippen molar-refractivity contribution in [3.63, 3.8) is 0 Å². The van der Waals surface area contributed by atoms with E-state index >= 15 is 0 Å². The lowest BCUT2D eigenvalue weighted by atomic mass is 9.92. The number of rotatable bonds is 8. The monoisotopic (exact) mass is 201 g/mol. The summed E-state index contributed by atoms with van der Waals surface area (Å²) in [6.07, 6.45) is 4.40. The molecule has 14 heavy (non-hydrogen) atoms. The van der Waals surface area contributed by atoms with Crippen molar-refractivity contribution >= 4 is 0 Å². The van der Waals surface area contributed by atoms with E-state index in [0.717, 1.165) is 25.9 Å². The molecule has 0 aromatic carbocycles. The fourth-order valence-corrected chi connectivity index (χ4v) is 1.99. The van der Waals surface area contributed by atoms with Gasteiger partial charge in [-0.25, -0.2) is 0 Å². The largest absolute Gasteiger partial charge is 0.396 e. The van der Waals surface area contributed by atoms with Crippen molar-refractivity contribution in [1.29, 1.82) is 0 Å². The molecule has 0 aliphatic carbocycles. The van der Waals surface area contributed by atoms with Crippen LogP contribution < -0.4 is 0 Å². The molecule has 0 fully saturated rings. The van der Waals surface area contributed by atoms with Gasteiger partial charge in [0.05, 0.1) is 0 Å². The normalized spacial score (nSPS) is 15.9. The van der Waals surface area contributed by atoms with Gasteiger partial charge in [0, 0.05) is 12.1 Å². The minimum atomic E-state index is 0.195. The molecular weight excluding hydrogens is 174 g/mol. The van der Waals surface area contributed by atoms with Crippen LogP contribution in [0.1, 0.15) is 53.4 Å². The summed E-state index contributed by atoms with van der Waals surface area (Å²) in [6.45, 7) is 11.5. The Bertz CT molecular complexity index is 132. The molecule has 1 N–H and O–H groups in total. The molecule has 1 atom stereocenters. The average molecular weight is 201 g/mol. The molecule has 0 saturated heterocycles. The number of aliphatic hydroxyl groups is 1. The third-order valence-corrected chi connectivity index (χ3v) is 3.16. The molecule has 0 rings (SSSR count). The highest BCUT2D eigenvalue weighted by Gasteiger charge is 2.27. The highest BCUT2D eigenvalue weighted by atomic mass is 16.3. The summed E-state index contributed by atoms with van der Waals surface area (Å²) in [6, 6.07) is 0.